The molecule has 3 heterocycles. The molecule has 0 unspecified atom stereocenters. The lowest BCUT2D eigenvalue weighted by Gasteiger charge is -2.20. The maximum Gasteiger partial charge on any atom is 0.439 e. The van der Waals surface area contributed by atoms with Gasteiger partial charge in [0.15, 0.2) is 22.9 Å². The number of nitrogens with zero attached hydrogens (tertiary/aromatic N) is 3. The van der Waals surface area contributed by atoms with E-state index in [2.05, 4.69) is 25.1 Å². The fourth-order valence-electron chi connectivity index (χ4n) is 4.25. The Bertz CT molecular complexity index is 1750. The molecule has 0 spiro atoms. The first-order chi connectivity index (χ1) is 17.1. The molecular weight excluding hydrogens is 472 g/mol. The van der Waals surface area contributed by atoms with Crippen LogP contribution in [0.4, 0.5) is 14.5 Å². The van der Waals surface area contributed by atoms with Crippen LogP contribution in [-0.4, -0.2) is 19.9 Å². The summed E-state index contributed by atoms with van der Waals surface area (Å²) in [6, 6.07) is 5.35. The number of rotatable bonds is 5. The van der Waals surface area contributed by atoms with Crippen LogP contribution >= 0.6 is 0 Å². The summed E-state index contributed by atoms with van der Waals surface area (Å²) in [4.78, 5) is 27.0. The van der Waals surface area contributed by atoms with Crippen molar-refractivity contribution < 1.29 is 17.7 Å². The van der Waals surface area contributed by atoms with Gasteiger partial charge < -0.3 is 9.73 Å². The Hall–Kier alpha value is -4.54. The Morgan fingerprint density at radius 3 is 2.61 bits per heavy atom. The van der Waals surface area contributed by atoms with Gasteiger partial charge in [0.2, 0.25) is 0 Å². The molecule has 11 heteroatoms. The smallest absolute Gasteiger partial charge is 0.439 e. The van der Waals surface area contributed by atoms with Crippen LogP contribution in [0.25, 0.3) is 33.7 Å². The number of H-pyrrole nitrogens is 1. The Morgan fingerprint density at radius 1 is 1.17 bits per heavy atom. The molecule has 0 aliphatic heterocycles. The standard InChI is InChI=1S/C25H21F2N5O4/c1-11-7-15(23-16(8-11)21(33)12(2)22(35-23)14-9-28-32(4)10-14)13(3)29-18-6-5-17(26)20(27)19(18)24-30-25(34)36-31-24/h5-10,13,29H,1-4H3,(H,30,31,34)/t13-/m1/s1. The lowest BCUT2D eigenvalue weighted by molar-refractivity contribution is 0.387. The van der Waals surface area contributed by atoms with Crippen molar-refractivity contribution in [1.29, 1.82) is 0 Å². The lowest BCUT2D eigenvalue weighted by atomic mass is 9.99. The van der Waals surface area contributed by atoms with Gasteiger partial charge in [-0.15, -0.1) is 0 Å². The molecule has 3 aromatic heterocycles. The SMILES string of the molecule is Cc1cc([C@@H](C)Nc2ccc(F)c(F)c2-c2noc(=O)[nH]2)c2oc(-c3cnn(C)c3)c(C)c(=O)c2c1. The molecule has 0 fully saturated rings. The quantitative estimate of drug-likeness (QED) is 0.367. The third-order valence-corrected chi connectivity index (χ3v) is 5.97. The zero-order chi connectivity index (χ0) is 25.7. The highest BCUT2D eigenvalue weighted by Crippen LogP contribution is 2.35. The zero-order valence-corrected chi connectivity index (χ0v) is 19.8. The van der Waals surface area contributed by atoms with Gasteiger partial charge in [0.05, 0.1) is 28.8 Å². The van der Waals surface area contributed by atoms with E-state index < -0.39 is 23.4 Å². The van der Waals surface area contributed by atoms with Crippen molar-refractivity contribution in [1.82, 2.24) is 19.9 Å². The van der Waals surface area contributed by atoms with Crippen molar-refractivity contribution in [2.45, 2.75) is 26.8 Å². The molecular formula is C25H21F2N5O4. The van der Waals surface area contributed by atoms with Gasteiger partial charge in [-0.25, -0.2) is 13.6 Å². The summed E-state index contributed by atoms with van der Waals surface area (Å²) in [7, 11) is 1.76. The average Bonchev–Trinajstić information content (AvgIpc) is 3.46. The molecule has 0 saturated heterocycles. The first kappa shape index (κ1) is 23.2. The summed E-state index contributed by atoms with van der Waals surface area (Å²) in [6.45, 7) is 5.33. The van der Waals surface area contributed by atoms with Crippen molar-refractivity contribution in [3.63, 3.8) is 0 Å². The van der Waals surface area contributed by atoms with E-state index in [1.165, 1.54) is 6.07 Å². The van der Waals surface area contributed by atoms with E-state index >= 15 is 0 Å². The minimum absolute atomic E-state index is 0.155. The fraction of sp³-hybridized carbons (Fsp3) is 0.200. The highest BCUT2D eigenvalue weighted by atomic mass is 19.2. The third-order valence-electron chi connectivity index (χ3n) is 5.97. The van der Waals surface area contributed by atoms with Gasteiger partial charge in [-0.1, -0.05) is 11.2 Å². The number of fused-ring (bicyclic) bond motifs is 1. The van der Waals surface area contributed by atoms with Crippen molar-refractivity contribution in [2.75, 3.05) is 5.32 Å². The third kappa shape index (κ3) is 3.88. The van der Waals surface area contributed by atoms with E-state index in [0.29, 0.717) is 33.4 Å². The van der Waals surface area contributed by atoms with E-state index in [4.69, 9.17) is 4.42 Å². The predicted octanol–water partition coefficient (Wildman–Crippen LogP) is 4.60. The molecule has 0 aliphatic rings. The molecule has 0 aliphatic carbocycles. The van der Waals surface area contributed by atoms with Gasteiger partial charge >= 0.3 is 5.76 Å². The predicted molar refractivity (Wildman–Crippen MR) is 129 cm³/mol. The lowest BCUT2D eigenvalue weighted by Crippen LogP contribution is -2.13. The van der Waals surface area contributed by atoms with Gasteiger partial charge in [0, 0.05) is 30.1 Å². The van der Waals surface area contributed by atoms with Crippen LogP contribution in [0.3, 0.4) is 0 Å². The molecule has 184 valence electrons. The second-order valence-electron chi connectivity index (χ2n) is 8.61. The minimum atomic E-state index is -1.20. The minimum Gasteiger partial charge on any atom is -0.455 e. The monoisotopic (exact) mass is 493 g/mol. The molecule has 0 saturated carbocycles. The van der Waals surface area contributed by atoms with Crippen LogP contribution in [0.15, 0.2) is 55.2 Å². The van der Waals surface area contributed by atoms with Crippen LogP contribution in [0.2, 0.25) is 0 Å². The van der Waals surface area contributed by atoms with Gasteiger partial charge in [0.1, 0.15) is 11.3 Å². The number of anilines is 1. The second-order valence-corrected chi connectivity index (χ2v) is 8.61. The number of nitrogens with one attached hydrogen (secondary N) is 2. The highest BCUT2D eigenvalue weighted by molar-refractivity contribution is 5.85. The van der Waals surface area contributed by atoms with E-state index in [1.807, 2.05) is 13.0 Å². The van der Waals surface area contributed by atoms with Crippen LogP contribution < -0.4 is 16.5 Å². The maximum atomic E-state index is 14.8. The largest absolute Gasteiger partial charge is 0.455 e. The maximum absolute atomic E-state index is 14.8. The molecule has 9 nitrogen and oxygen atoms in total. The van der Waals surface area contributed by atoms with Gasteiger partial charge in [-0.2, -0.15) is 5.10 Å². The molecule has 0 amide bonds. The van der Waals surface area contributed by atoms with Crippen LogP contribution in [0, 0.1) is 25.5 Å². The van der Waals surface area contributed by atoms with Crippen LogP contribution in [0.5, 0.6) is 0 Å². The van der Waals surface area contributed by atoms with E-state index in [9.17, 15) is 18.4 Å². The molecule has 0 radical (unpaired) electrons. The first-order valence-corrected chi connectivity index (χ1v) is 11.0. The molecule has 5 aromatic rings. The summed E-state index contributed by atoms with van der Waals surface area (Å²) in [5, 5.41) is 11.2. The Kier molecular flexibility index (Phi) is 5.54. The highest BCUT2D eigenvalue weighted by Gasteiger charge is 2.23. The fourth-order valence-corrected chi connectivity index (χ4v) is 4.25. The van der Waals surface area contributed by atoms with Crippen molar-refractivity contribution in [3.05, 3.63) is 85.8 Å². The van der Waals surface area contributed by atoms with E-state index in [0.717, 1.165) is 11.6 Å². The summed E-state index contributed by atoms with van der Waals surface area (Å²) in [5.74, 6) is -3.09. The number of hydrogen-bond acceptors (Lipinski definition) is 7. The van der Waals surface area contributed by atoms with Crippen molar-refractivity contribution in [2.24, 2.45) is 7.05 Å². The number of aromatic nitrogens is 4. The molecule has 2 aromatic carbocycles. The number of benzene rings is 2. The van der Waals surface area contributed by atoms with Crippen LogP contribution in [0.1, 0.15) is 29.7 Å². The second kappa shape index (κ2) is 8.59. The number of halogens is 2. The summed E-state index contributed by atoms with van der Waals surface area (Å²) < 4.78 is 41.2. The summed E-state index contributed by atoms with van der Waals surface area (Å²) in [5.41, 5.74) is 2.58. The molecule has 0 bridgehead atoms. The summed E-state index contributed by atoms with van der Waals surface area (Å²) in [6.07, 6.45) is 3.36. The molecule has 1 atom stereocenters. The number of aryl methyl sites for hydroxylation is 2. The normalized spacial score (nSPS) is 12.3. The van der Waals surface area contributed by atoms with Gasteiger partial charge in [-0.05, 0) is 44.5 Å². The number of aromatic amines is 1. The van der Waals surface area contributed by atoms with E-state index in [-0.39, 0.29) is 22.5 Å². The number of hydrogen-bond donors (Lipinski definition) is 2. The zero-order valence-electron chi connectivity index (χ0n) is 19.8. The molecule has 2 N–H and O–H groups in total. The van der Waals surface area contributed by atoms with Crippen molar-refractivity contribution in [3.8, 4) is 22.7 Å². The van der Waals surface area contributed by atoms with Gasteiger partial charge in [-0.3, -0.25) is 19.0 Å². The molecule has 5 rings (SSSR count). The Balaban J connectivity index is 1.66. The molecule has 36 heavy (non-hydrogen) atoms. The summed E-state index contributed by atoms with van der Waals surface area (Å²) >= 11 is 0. The van der Waals surface area contributed by atoms with Crippen molar-refractivity contribution >= 4 is 16.7 Å². The van der Waals surface area contributed by atoms with Gasteiger partial charge in [0.25, 0.3) is 0 Å². The Morgan fingerprint density at radius 2 is 1.94 bits per heavy atom. The average molecular weight is 493 g/mol. The topological polar surface area (TPSA) is 119 Å². The van der Waals surface area contributed by atoms with Crippen LogP contribution in [-0.2, 0) is 7.05 Å². The van der Waals surface area contributed by atoms with E-state index in [1.54, 1.807) is 44.0 Å². The first-order valence-electron chi connectivity index (χ1n) is 11.0. The Labute approximate surface area is 202 Å².